The van der Waals surface area contributed by atoms with Gasteiger partial charge in [0.2, 0.25) is 5.95 Å². The molecule has 1 fully saturated rings. The van der Waals surface area contributed by atoms with Gasteiger partial charge in [-0.2, -0.15) is 4.98 Å². The van der Waals surface area contributed by atoms with Crippen LogP contribution in [-0.2, 0) is 27.0 Å². The van der Waals surface area contributed by atoms with Gasteiger partial charge in [-0.15, -0.1) is 20.5 Å². The van der Waals surface area contributed by atoms with Crippen molar-refractivity contribution in [3.8, 4) is 5.69 Å². The maximum Gasteiger partial charge on any atom is 0.269 e. The maximum atomic E-state index is 13.8. The highest BCUT2D eigenvalue weighted by molar-refractivity contribution is 7.89. The van der Waals surface area contributed by atoms with Gasteiger partial charge in [0.1, 0.15) is 18.4 Å². The topological polar surface area (TPSA) is 168 Å². The Hall–Kier alpha value is -3.19. The molecule has 1 N–H and O–H groups in total. The third-order valence-electron chi connectivity index (χ3n) is 5.96. The first-order chi connectivity index (χ1) is 18.1. The number of aromatic nitrogens is 6. The van der Waals surface area contributed by atoms with E-state index in [1.807, 2.05) is 0 Å². The minimum absolute atomic E-state index is 0.00722. The van der Waals surface area contributed by atoms with E-state index in [9.17, 15) is 30.8 Å². The summed E-state index contributed by atoms with van der Waals surface area (Å²) in [5, 5.41) is 8.45. The number of nitrogens with zero attached hydrogens (tertiary/aromatic N) is 7. The lowest BCUT2D eigenvalue weighted by Gasteiger charge is -2.32. The van der Waals surface area contributed by atoms with Crippen molar-refractivity contribution >= 4 is 49.6 Å². The highest BCUT2D eigenvalue weighted by Crippen LogP contribution is 2.28. The van der Waals surface area contributed by atoms with E-state index >= 15 is 0 Å². The number of fused-ring (bicyclic) bond motifs is 1. The van der Waals surface area contributed by atoms with Crippen LogP contribution in [0, 0.1) is 0 Å². The number of piperidine rings is 1. The highest BCUT2D eigenvalue weighted by atomic mass is 32.2. The monoisotopic (exact) mass is 585 g/mol. The van der Waals surface area contributed by atoms with Gasteiger partial charge in [-0.05, 0) is 30.4 Å². The molecule has 5 rings (SSSR count). The van der Waals surface area contributed by atoms with E-state index in [2.05, 4.69) is 25.4 Å². The fraction of sp³-hybridized carbons (Fsp3) is 0.350. The van der Waals surface area contributed by atoms with Crippen LogP contribution in [-0.4, -0.2) is 69.3 Å². The van der Waals surface area contributed by atoms with Crippen molar-refractivity contribution in [1.29, 1.82) is 0 Å². The lowest BCUT2D eigenvalue weighted by atomic mass is 10.1. The minimum atomic E-state index is -4.00. The Bertz CT molecular complexity index is 1650. The van der Waals surface area contributed by atoms with Crippen molar-refractivity contribution in [2.75, 3.05) is 18.4 Å². The molecule has 0 aromatic carbocycles. The number of rotatable bonds is 8. The summed E-state index contributed by atoms with van der Waals surface area (Å²) in [7, 11) is -4.00. The molecule has 4 aromatic heterocycles. The maximum absolute atomic E-state index is 13.8. The zero-order valence-corrected chi connectivity index (χ0v) is 21.8. The largest absolute Gasteiger partial charge is 0.760 e. The fourth-order valence-corrected chi connectivity index (χ4v) is 6.98. The van der Waals surface area contributed by atoms with Crippen molar-refractivity contribution < 1.29 is 26.0 Å². The molecule has 1 aliphatic heterocycles. The first kappa shape index (κ1) is 26.4. The Balaban J connectivity index is 1.56. The SMILES string of the molecule is O=c1c(C(F)F)cc2cnc(NC3CCN(S(=O)[O-])CC3)nc2n1-c1ccsc1CS(=O)(=O)n1cncn1. The number of thiophene rings is 1. The van der Waals surface area contributed by atoms with E-state index in [-0.39, 0.29) is 33.6 Å². The number of hydrogen-bond acceptors (Lipinski definition) is 11. The molecule has 0 saturated carbocycles. The fourth-order valence-electron chi connectivity index (χ4n) is 4.11. The van der Waals surface area contributed by atoms with Crippen molar-refractivity contribution in [1.82, 2.24) is 33.0 Å². The van der Waals surface area contributed by atoms with E-state index in [0.717, 1.165) is 34.6 Å². The molecule has 0 aliphatic carbocycles. The lowest BCUT2D eigenvalue weighted by Crippen LogP contribution is -2.40. The minimum Gasteiger partial charge on any atom is -0.760 e. The summed E-state index contributed by atoms with van der Waals surface area (Å²) >= 11 is -1.27. The van der Waals surface area contributed by atoms with Gasteiger partial charge in [-0.25, -0.2) is 31.5 Å². The summed E-state index contributed by atoms with van der Waals surface area (Å²) in [4.78, 5) is 25.7. The number of nitrogens with one attached hydrogen (secondary N) is 1. The highest BCUT2D eigenvalue weighted by Gasteiger charge is 2.25. The Morgan fingerprint density at radius 3 is 2.71 bits per heavy atom. The molecule has 1 aliphatic rings. The molecule has 0 radical (unpaired) electrons. The molecule has 0 amide bonds. The van der Waals surface area contributed by atoms with Crippen LogP contribution in [0.1, 0.15) is 29.7 Å². The number of hydrogen-bond donors (Lipinski definition) is 1. The van der Waals surface area contributed by atoms with Gasteiger partial charge in [0.05, 0.1) is 11.3 Å². The predicted octanol–water partition coefficient (Wildman–Crippen LogP) is 1.42. The predicted molar refractivity (Wildman–Crippen MR) is 133 cm³/mol. The molecule has 4 aromatic rings. The van der Waals surface area contributed by atoms with Gasteiger partial charge in [-0.1, -0.05) is 0 Å². The first-order valence-corrected chi connectivity index (χ1v) is 14.6. The molecule has 0 bridgehead atoms. The molecule has 18 heteroatoms. The van der Waals surface area contributed by atoms with Gasteiger partial charge in [0.15, 0.2) is 5.65 Å². The second kappa shape index (κ2) is 10.5. The first-order valence-electron chi connectivity index (χ1n) is 11.1. The van der Waals surface area contributed by atoms with Crippen LogP contribution in [0.4, 0.5) is 14.7 Å². The summed E-state index contributed by atoms with van der Waals surface area (Å²) in [6, 6.07) is 2.32. The van der Waals surface area contributed by atoms with Crippen molar-refractivity contribution in [2.24, 2.45) is 0 Å². The lowest BCUT2D eigenvalue weighted by molar-refractivity contribution is 0.149. The molecule has 5 heterocycles. The van der Waals surface area contributed by atoms with E-state index in [1.54, 1.807) is 5.38 Å². The standard InChI is InChI=1S/C20H20F2N8O5S3/c21-17(22)14-7-12-8-24-20(26-13-1-4-28(5-2-13)37(32)33)27-18(12)30(19(14)31)15-3-6-36-16(15)9-38(34,35)29-11-23-10-25-29/h3,6-8,10-11,13,17H,1-2,4-5,9H2,(H,32,33)(H,24,26,27)/p-1. The number of pyridine rings is 1. The molecule has 202 valence electrons. The smallest absolute Gasteiger partial charge is 0.269 e. The van der Waals surface area contributed by atoms with Gasteiger partial charge < -0.3 is 9.87 Å². The molecule has 1 unspecified atom stereocenters. The quantitative estimate of drug-likeness (QED) is 0.299. The van der Waals surface area contributed by atoms with Crippen LogP contribution in [0.15, 0.2) is 41.2 Å². The van der Waals surface area contributed by atoms with Gasteiger partial charge in [0.25, 0.3) is 22.0 Å². The van der Waals surface area contributed by atoms with E-state index < -0.39 is 44.6 Å². The zero-order valence-electron chi connectivity index (χ0n) is 19.3. The number of alkyl halides is 2. The molecular weight excluding hydrogens is 566 g/mol. The average molecular weight is 586 g/mol. The van der Waals surface area contributed by atoms with Crippen molar-refractivity contribution in [3.63, 3.8) is 0 Å². The number of anilines is 1. The van der Waals surface area contributed by atoms with E-state index in [0.29, 0.717) is 30.0 Å². The summed E-state index contributed by atoms with van der Waals surface area (Å²) in [5.74, 6) is -0.448. The summed E-state index contributed by atoms with van der Waals surface area (Å²) in [6.45, 7) is 0.616. The second-order valence-electron chi connectivity index (χ2n) is 8.33. The molecule has 0 spiro atoms. The molecule has 38 heavy (non-hydrogen) atoms. The zero-order chi connectivity index (χ0) is 27.0. The Kier molecular flexibility index (Phi) is 7.32. The van der Waals surface area contributed by atoms with Gasteiger partial charge in [0, 0.05) is 46.9 Å². The van der Waals surface area contributed by atoms with Crippen molar-refractivity contribution in [3.05, 3.63) is 57.2 Å². The normalized spacial score (nSPS) is 16.3. The van der Waals surface area contributed by atoms with Gasteiger partial charge >= 0.3 is 0 Å². The van der Waals surface area contributed by atoms with Crippen LogP contribution in [0.2, 0.25) is 0 Å². The van der Waals surface area contributed by atoms with E-state index in [4.69, 9.17) is 0 Å². The van der Waals surface area contributed by atoms with Gasteiger partial charge in [-0.3, -0.25) is 13.6 Å². The summed E-state index contributed by atoms with van der Waals surface area (Å²) in [6.07, 6.45) is 1.27. The van der Waals surface area contributed by atoms with E-state index in [1.165, 1.54) is 16.6 Å². The molecule has 13 nitrogen and oxygen atoms in total. The van der Waals surface area contributed by atoms with Crippen LogP contribution >= 0.6 is 11.3 Å². The average Bonchev–Trinajstić information content (AvgIpc) is 3.57. The molecule has 1 atom stereocenters. The van der Waals surface area contributed by atoms with Crippen LogP contribution in [0.25, 0.3) is 16.7 Å². The third-order valence-corrected chi connectivity index (χ3v) is 9.25. The van der Waals surface area contributed by atoms with Crippen LogP contribution in [0.5, 0.6) is 0 Å². The van der Waals surface area contributed by atoms with Crippen LogP contribution < -0.4 is 10.9 Å². The second-order valence-corrected chi connectivity index (χ2v) is 12.1. The van der Waals surface area contributed by atoms with Crippen molar-refractivity contribution in [2.45, 2.75) is 31.1 Å². The molecular formula is C20H19F2N8O5S3-. The Morgan fingerprint density at radius 2 is 2.05 bits per heavy atom. The Morgan fingerprint density at radius 1 is 1.29 bits per heavy atom. The summed E-state index contributed by atoms with van der Waals surface area (Å²) in [5.41, 5.74) is -1.72. The van der Waals surface area contributed by atoms with Crippen LogP contribution in [0.3, 0.4) is 0 Å². The summed E-state index contributed by atoms with van der Waals surface area (Å²) < 4.78 is 78.4. The molecule has 1 saturated heterocycles. The number of halogens is 2. The third kappa shape index (κ3) is 5.21. The Labute approximate surface area is 220 Å².